The fraction of sp³-hybridized carbons (Fsp3) is 0.292. The minimum Gasteiger partial charge on any atom is -0.308 e. The van der Waals surface area contributed by atoms with Gasteiger partial charge >= 0.3 is 0 Å². The number of unbranched alkanes of at least 4 members (excludes halogenated alkanes) is 2. The Morgan fingerprint density at radius 2 is 1.97 bits per heavy atom. The van der Waals surface area contributed by atoms with E-state index in [0.717, 1.165) is 28.8 Å². The Kier molecular flexibility index (Phi) is 7.35. The Morgan fingerprint density at radius 3 is 2.68 bits per heavy atom. The Balaban J connectivity index is 1.59. The average Bonchev–Trinajstić information content (AvgIpc) is 3.43. The van der Waals surface area contributed by atoms with Crippen molar-refractivity contribution in [2.24, 2.45) is 0 Å². The maximum Gasteiger partial charge on any atom is 0.283 e. The Hall–Kier alpha value is -2.75. The molecule has 0 aliphatic carbocycles. The van der Waals surface area contributed by atoms with Crippen molar-refractivity contribution >= 4 is 50.0 Å². The number of imidazole rings is 1. The van der Waals surface area contributed by atoms with Gasteiger partial charge in [-0.3, -0.25) is 4.79 Å². The molecule has 0 saturated heterocycles. The fourth-order valence-corrected chi connectivity index (χ4v) is 5.70. The second-order valence-corrected chi connectivity index (χ2v) is 11.2. The third-order valence-corrected chi connectivity index (χ3v) is 8.06. The first-order valence-electron chi connectivity index (χ1n) is 11.0. The van der Waals surface area contributed by atoms with Gasteiger partial charge in [0, 0.05) is 9.90 Å². The zero-order valence-electron chi connectivity index (χ0n) is 18.9. The van der Waals surface area contributed by atoms with Crippen LogP contribution in [-0.2, 0) is 16.6 Å². The topological polar surface area (TPSA) is 94.0 Å². The highest BCUT2D eigenvalue weighted by atomic mass is 35.5. The number of fused-ring (bicyclic) bond motifs is 1. The molecule has 3 aromatic heterocycles. The number of benzene rings is 1. The molecule has 0 bridgehead atoms. The van der Waals surface area contributed by atoms with Crippen molar-refractivity contribution in [3.63, 3.8) is 0 Å². The molecule has 0 atom stereocenters. The zero-order chi connectivity index (χ0) is 24.3. The highest BCUT2D eigenvalue weighted by Gasteiger charge is 2.19. The predicted octanol–water partition coefficient (Wildman–Crippen LogP) is 5.42. The van der Waals surface area contributed by atoms with Crippen LogP contribution in [0.15, 0.2) is 47.8 Å². The van der Waals surface area contributed by atoms with Crippen LogP contribution in [0.4, 0.5) is 0 Å². The summed E-state index contributed by atoms with van der Waals surface area (Å²) < 4.78 is 28.4. The van der Waals surface area contributed by atoms with Crippen molar-refractivity contribution in [2.75, 3.05) is 5.75 Å². The van der Waals surface area contributed by atoms with Gasteiger partial charge in [-0.25, -0.2) is 23.1 Å². The van der Waals surface area contributed by atoms with E-state index in [1.165, 1.54) is 6.07 Å². The lowest BCUT2D eigenvalue weighted by molar-refractivity contribution is 0.0977. The monoisotopic (exact) mass is 516 g/mol. The van der Waals surface area contributed by atoms with Crippen LogP contribution in [-0.4, -0.2) is 34.6 Å². The number of carbonyl (C=O) groups is 1. The second-order valence-electron chi connectivity index (χ2n) is 8.03. The molecule has 10 heteroatoms. The molecule has 1 amide bonds. The van der Waals surface area contributed by atoms with Gasteiger partial charge in [-0.05, 0) is 54.1 Å². The first kappa shape index (κ1) is 24.4. The zero-order valence-corrected chi connectivity index (χ0v) is 21.3. The second kappa shape index (κ2) is 10.2. The highest BCUT2D eigenvalue weighted by molar-refractivity contribution is 7.90. The maximum absolute atomic E-state index is 12.6. The van der Waals surface area contributed by atoms with Crippen LogP contribution in [0.3, 0.4) is 0 Å². The number of halogens is 1. The lowest BCUT2D eigenvalue weighted by Gasteiger charge is -2.10. The molecule has 0 spiro atoms. The number of amides is 1. The van der Waals surface area contributed by atoms with Gasteiger partial charge in [0.1, 0.15) is 17.0 Å². The maximum atomic E-state index is 12.6. The summed E-state index contributed by atoms with van der Waals surface area (Å²) in [6.07, 6.45) is 2.18. The van der Waals surface area contributed by atoms with Crippen molar-refractivity contribution in [1.29, 1.82) is 0 Å². The number of pyridine rings is 1. The summed E-state index contributed by atoms with van der Waals surface area (Å²) in [5, 5.41) is 2.65. The predicted molar refractivity (Wildman–Crippen MR) is 137 cm³/mol. The third kappa shape index (κ3) is 5.48. The van der Waals surface area contributed by atoms with Gasteiger partial charge in [-0.2, -0.15) is 0 Å². The number of hydrogen-bond donors (Lipinski definition) is 1. The Bertz CT molecular complexity index is 1430. The molecular weight excluding hydrogens is 492 g/mol. The van der Waals surface area contributed by atoms with E-state index in [1.807, 2.05) is 54.1 Å². The molecule has 7 nitrogen and oxygen atoms in total. The Morgan fingerprint density at radius 1 is 1.15 bits per heavy atom. The van der Waals surface area contributed by atoms with E-state index in [1.54, 1.807) is 17.4 Å². The van der Waals surface area contributed by atoms with Crippen molar-refractivity contribution < 1.29 is 13.2 Å². The van der Waals surface area contributed by atoms with Crippen LogP contribution in [0, 0.1) is 6.92 Å². The first-order valence-corrected chi connectivity index (χ1v) is 13.9. The summed E-state index contributed by atoms with van der Waals surface area (Å²) in [6.45, 7) is 4.26. The number of aryl methyl sites for hydroxylation is 1. The van der Waals surface area contributed by atoms with E-state index in [0.29, 0.717) is 35.0 Å². The number of thiophene rings is 1. The standard InChI is InChI=1S/C24H25ClN4O3S2/c1-3-4-5-13-34(31,32)28-24(30)21-11-10-20-23(27-21)29(16(2)26-20)15-18-9-8-17(14-19(18)25)22-7-6-12-33-22/h6-12,14H,3-5,13,15H2,1-2H3,(H,28,30). The van der Waals surface area contributed by atoms with Gasteiger partial charge < -0.3 is 4.57 Å². The molecule has 0 saturated carbocycles. The van der Waals surface area contributed by atoms with E-state index < -0.39 is 15.9 Å². The average molecular weight is 517 g/mol. The van der Waals surface area contributed by atoms with Crippen molar-refractivity contribution in [1.82, 2.24) is 19.3 Å². The molecule has 0 unspecified atom stereocenters. The largest absolute Gasteiger partial charge is 0.308 e. The lowest BCUT2D eigenvalue weighted by atomic mass is 10.1. The number of rotatable bonds is 9. The molecule has 0 aliphatic rings. The van der Waals surface area contributed by atoms with Crippen LogP contribution >= 0.6 is 22.9 Å². The first-order chi connectivity index (χ1) is 16.3. The SMILES string of the molecule is CCCCCS(=O)(=O)NC(=O)c1ccc2nc(C)n(Cc3ccc(-c4cccs4)cc3Cl)c2n1. The van der Waals surface area contributed by atoms with Gasteiger partial charge in [0.05, 0.1) is 12.3 Å². The normalized spacial score (nSPS) is 11.7. The number of nitrogens with one attached hydrogen (secondary N) is 1. The summed E-state index contributed by atoms with van der Waals surface area (Å²) in [5.41, 5.74) is 3.07. The van der Waals surface area contributed by atoms with Crippen LogP contribution < -0.4 is 4.72 Å². The van der Waals surface area contributed by atoms with E-state index in [-0.39, 0.29) is 11.4 Å². The molecule has 1 N–H and O–H groups in total. The molecule has 178 valence electrons. The number of hydrogen-bond acceptors (Lipinski definition) is 6. The van der Waals surface area contributed by atoms with Crippen LogP contribution in [0.2, 0.25) is 5.02 Å². The summed E-state index contributed by atoms with van der Waals surface area (Å²) >= 11 is 8.24. The number of aromatic nitrogens is 3. The van der Waals surface area contributed by atoms with E-state index in [9.17, 15) is 13.2 Å². The van der Waals surface area contributed by atoms with Gasteiger partial charge in [-0.1, -0.05) is 49.6 Å². The van der Waals surface area contributed by atoms with E-state index in [2.05, 4.69) is 14.7 Å². The molecule has 3 heterocycles. The summed E-state index contributed by atoms with van der Waals surface area (Å²) in [7, 11) is -3.71. The number of carbonyl (C=O) groups excluding carboxylic acids is 1. The molecule has 34 heavy (non-hydrogen) atoms. The molecule has 4 rings (SSSR count). The molecule has 1 aromatic carbocycles. The summed E-state index contributed by atoms with van der Waals surface area (Å²) in [5.74, 6) is -0.126. The van der Waals surface area contributed by atoms with E-state index in [4.69, 9.17) is 11.6 Å². The Labute approximate surface area is 207 Å². The molecular formula is C24H25ClN4O3S2. The van der Waals surface area contributed by atoms with Gasteiger partial charge in [0.2, 0.25) is 10.0 Å². The molecule has 0 fully saturated rings. The van der Waals surface area contributed by atoms with Crippen LogP contribution in [0.25, 0.3) is 21.6 Å². The molecule has 4 aromatic rings. The van der Waals surface area contributed by atoms with Crippen molar-refractivity contribution in [2.45, 2.75) is 39.7 Å². The highest BCUT2D eigenvalue weighted by Crippen LogP contribution is 2.30. The number of nitrogens with zero attached hydrogens (tertiary/aromatic N) is 3. The van der Waals surface area contributed by atoms with E-state index >= 15 is 0 Å². The van der Waals surface area contributed by atoms with Crippen molar-refractivity contribution in [3.8, 4) is 10.4 Å². The van der Waals surface area contributed by atoms with Gasteiger partial charge in [0.15, 0.2) is 5.65 Å². The smallest absolute Gasteiger partial charge is 0.283 e. The van der Waals surface area contributed by atoms with Crippen molar-refractivity contribution in [3.05, 3.63) is 69.9 Å². The van der Waals surface area contributed by atoms with Gasteiger partial charge in [-0.15, -0.1) is 11.3 Å². The number of sulfonamides is 1. The summed E-state index contributed by atoms with van der Waals surface area (Å²) in [4.78, 5) is 22.7. The summed E-state index contributed by atoms with van der Waals surface area (Å²) in [6, 6.07) is 13.1. The molecule has 0 aliphatic heterocycles. The van der Waals surface area contributed by atoms with Gasteiger partial charge in [0.25, 0.3) is 5.91 Å². The minimum atomic E-state index is -3.71. The molecule has 0 radical (unpaired) electrons. The minimum absolute atomic E-state index is 0.0202. The quantitative estimate of drug-likeness (QED) is 0.300. The fourth-order valence-electron chi connectivity index (χ4n) is 3.66. The third-order valence-electron chi connectivity index (χ3n) is 5.47. The lowest BCUT2D eigenvalue weighted by Crippen LogP contribution is -2.33. The van der Waals surface area contributed by atoms with Crippen LogP contribution in [0.1, 0.15) is 48.1 Å². The van der Waals surface area contributed by atoms with Crippen LogP contribution in [0.5, 0.6) is 0 Å².